The first-order valence-corrected chi connectivity index (χ1v) is 5.80. The Balaban J connectivity index is 2.83. The molecule has 0 radical (unpaired) electrons. The third kappa shape index (κ3) is 4.21. The Bertz CT molecular complexity index is 448. The molecule has 1 rings (SSSR count). The summed E-state index contributed by atoms with van der Waals surface area (Å²) >= 11 is 3.03. The average molecular weight is 326 g/mol. The highest BCUT2D eigenvalue weighted by molar-refractivity contribution is 9.10. The van der Waals surface area contributed by atoms with Gasteiger partial charge in [-0.3, -0.25) is 4.79 Å². The number of carbonyl (C=O) groups is 1. The monoisotopic (exact) mass is 325 g/mol. The zero-order valence-corrected chi connectivity index (χ0v) is 11.2. The Kier molecular flexibility index (Phi) is 4.61. The van der Waals surface area contributed by atoms with Gasteiger partial charge in [0.25, 0.3) is 0 Å². The van der Waals surface area contributed by atoms with Crippen molar-refractivity contribution in [2.75, 3.05) is 5.32 Å². The van der Waals surface area contributed by atoms with E-state index in [9.17, 15) is 18.0 Å². The van der Waals surface area contributed by atoms with Crippen LogP contribution in [0.1, 0.15) is 19.4 Å². The predicted octanol–water partition coefficient (Wildman–Crippen LogP) is 3.79. The van der Waals surface area contributed by atoms with Crippen LogP contribution >= 0.6 is 15.9 Å². The van der Waals surface area contributed by atoms with Crippen molar-refractivity contribution in [3.8, 4) is 0 Å². The van der Waals surface area contributed by atoms with Crippen LogP contribution in [0.25, 0.3) is 0 Å². The van der Waals surface area contributed by atoms with E-state index in [-0.39, 0.29) is 4.47 Å². The van der Waals surface area contributed by atoms with Crippen LogP contribution in [0.4, 0.5) is 18.9 Å². The van der Waals surface area contributed by atoms with E-state index in [2.05, 4.69) is 21.2 Å². The molecule has 1 aromatic rings. The largest absolute Gasteiger partial charge is 0.442 e. The highest BCUT2D eigenvalue weighted by atomic mass is 79.9. The van der Waals surface area contributed by atoms with E-state index in [0.717, 1.165) is 12.1 Å². The lowest BCUT2D eigenvalue weighted by atomic mass is 10.2. The molecule has 100 valence electrons. The van der Waals surface area contributed by atoms with E-state index < -0.39 is 23.9 Å². The second kappa shape index (κ2) is 5.60. The molecule has 0 heterocycles. The molecule has 0 fully saturated rings. The lowest BCUT2D eigenvalue weighted by Gasteiger charge is -2.17. The molecule has 0 aromatic heterocycles. The molecule has 1 aromatic carbocycles. The van der Waals surface area contributed by atoms with Gasteiger partial charge >= 0.3 is 12.1 Å². The number of hydrogen-bond donors (Lipinski definition) is 1. The van der Waals surface area contributed by atoms with E-state index in [0.29, 0.717) is 5.69 Å². The number of halogens is 4. The van der Waals surface area contributed by atoms with Crippen molar-refractivity contribution < 1.29 is 22.7 Å². The minimum absolute atomic E-state index is 0.247. The van der Waals surface area contributed by atoms with E-state index in [1.165, 1.54) is 13.0 Å². The first-order valence-electron chi connectivity index (χ1n) is 5.00. The number of esters is 1. The highest BCUT2D eigenvalue weighted by Gasteiger charge is 2.30. The van der Waals surface area contributed by atoms with Gasteiger partial charge in [-0.1, -0.05) is 0 Å². The molecule has 1 unspecified atom stereocenters. The molecule has 1 N–H and O–H groups in total. The molecule has 0 aliphatic carbocycles. The van der Waals surface area contributed by atoms with Crippen LogP contribution in [0.3, 0.4) is 0 Å². The Morgan fingerprint density at radius 3 is 2.50 bits per heavy atom. The summed E-state index contributed by atoms with van der Waals surface area (Å²) in [5.41, 5.74) is -0.336. The number of anilines is 1. The van der Waals surface area contributed by atoms with E-state index in [1.54, 1.807) is 6.92 Å². The van der Waals surface area contributed by atoms with E-state index >= 15 is 0 Å². The van der Waals surface area contributed by atoms with Gasteiger partial charge in [0.05, 0.1) is 11.3 Å². The molecular formula is C11H11BrF3NO2. The highest BCUT2D eigenvalue weighted by Crippen LogP contribution is 2.34. The summed E-state index contributed by atoms with van der Waals surface area (Å²) in [7, 11) is 0. The van der Waals surface area contributed by atoms with E-state index in [4.69, 9.17) is 4.74 Å². The molecule has 0 aliphatic rings. The van der Waals surface area contributed by atoms with Gasteiger partial charge in [-0.25, -0.2) is 0 Å². The molecular weight excluding hydrogens is 315 g/mol. The van der Waals surface area contributed by atoms with Crippen molar-refractivity contribution in [1.29, 1.82) is 0 Å². The molecule has 3 nitrogen and oxygen atoms in total. The lowest BCUT2D eigenvalue weighted by molar-refractivity contribution is -0.144. The summed E-state index contributed by atoms with van der Waals surface area (Å²) in [6, 6.07) is 3.18. The quantitative estimate of drug-likeness (QED) is 0.678. The van der Waals surface area contributed by atoms with Gasteiger partial charge in [-0.05, 0) is 41.1 Å². The van der Waals surface area contributed by atoms with Gasteiger partial charge in [-0.15, -0.1) is 0 Å². The summed E-state index contributed by atoms with van der Waals surface area (Å²) in [5.74, 6) is -0.474. The van der Waals surface area contributed by atoms with Crippen molar-refractivity contribution >= 4 is 27.6 Å². The Morgan fingerprint density at radius 2 is 2.06 bits per heavy atom. The van der Waals surface area contributed by atoms with Crippen LogP contribution in [-0.4, -0.2) is 12.2 Å². The van der Waals surface area contributed by atoms with Crippen LogP contribution in [-0.2, 0) is 15.7 Å². The number of rotatable bonds is 3. The Morgan fingerprint density at radius 1 is 1.44 bits per heavy atom. The Labute approximate surface area is 110 Å². The summed E-state index contributed by atoms with van der Waals surface area (Å²) in [6.07, 6.45) is -5.02. The maximum absolute atomic E-state index is 12.4. The molecule has 7 heteroatoms. The Hall–Kier alpha value is -1.24. The van der Waals surface area contributed by atoms with Gasteiger partial charge in [0.15, 0.2) is 6.23 Å². The molecule has 0 aliphatic heterocycles. The second-order valence-electron chi connectivity index (χ2n) is 3.59. The minimum atomic E-state index is -4.39. The van der Waals surface area contributed by atoms with Gasteiger partial charge < -0.3 is 10.1 Å². The maximum Gasteiger partial charge on any atom is 0.416 e. The number of benzene rings is 1. The van der Waals surface area contributed by atoms with Gasteiger partial charge in [0, 0.05) is 11.4 Å². The topological polar surface area (TPSA) is 38.3 Å². The zero-order chi connectivity index (χ0) is 13.9. The first kappa shape index (κ1) is 14.8. The van der Waals surface area contributed by atoms with Gasteiger partial charge in [0.1, 0.15) is 0 Å². The van der Waals surface area contributed by atoms with Crippen LogP contribution in [0.15, 0.2) is 22.7 Å². The number of hydrogen-bond acceptors (Lipinski definition) is 3. The van der Waals surface area contributed by atoms with E-state index in [1.807, 2.05) is 0 Å². The molecule has 1 atom stereocenters. The first-order chi connectivity index (χ1) is 8.20. The fraction of sp³-hybridized carbons (Fsp3) is 0.364. The summed E-state index contributed by atoms with van der Waals surface area (Å²) in [6.45, 7) is 2.82. The summed E-state index contributed by atoms with van der Waals surface area (Å²) in [4.78, 5) is 10.7. The average Bonchev–Trinajstić information content (AvgIpc) is 2.18. The number of alkyl halides is 3. The minimum Gasteiger partial charge on any atom is -0.442 e. The second-order valence-corrected chi connectivity index (χ2v) is 4.44. The van der Waals surface area contributed by atoms with Crippen LogP contribution in [0.5, 0.6) is 0 Å². The number of ether oxygens (including phenoxy) is 1. The molecule has 0 saturated carbocycles. The van der Waals surface area contributed by atoms with Crippen molar-refractivity contribution in [3.63, 3.8) is 0 Å². The normalized spacial score (nSPS) is 13.0. The smallest absolute Gasteiger partial charge is 0.416 e. The van der Waals surface area contributed by atoms with Crippen molar-refractivity contribution in [2.24, 2.45) is 0 Å². The third-order valence-electron chi connectivity index (χ3n) is 2.00. The lowest BCUT2D eigenvalue weighted by Crippen LogP contribution is -2.21. The van der Waals surface area contributed by atoms with Crippen LogP contribution in [0.2, 0.25) is 0 Å². The van der Waals surface area contributed by atoms with Crippen molar-refractivity contribution in [3.05, 3.63) is 28.2 Å². The maximum atomic E-state index is 12.4. The molecule has 0 spiro atoms. The van der Waals surface area contributed by atoms with Crippen LogP contribution in [0, 0.1) is 0 Å². The van der Waals surface area contributed by atoms with Crippen molar-refractivity contribution in [2.45, 2.75) is 26.3 Å². The summed E-state index contributed by atoms with van der Waals surface area (Å²) in [5, 5.41) is 2.76. The summed E-state index contributed by atoms with van der Waals surface area (Å²) < 4.78 is 42.3. The predicted molar refractivity (Wildman–Crippen MR) is 64.0 cm³/mol. The van der Waals surface area contributed by atoms with Gasteiger partial charge in [0.2, 0.25) is 0 Å². The van der Waals surface area contributed by atoms with Gasteiger partial charge in [-0.2, -0.15) is 13.2 Å². The number of nitrogens with one attached hydrogen (secondary N) is 1. The molecule has 0 amide bonds. The SMILES string of the molecule is CC(=O)OC(C)Nc1ccc(C(F)(F)F)cc1Br. The number of carbonyl (C=O) groups excluding carboxylic acids is 1. The zero-order valence-electron chi connectivity index (χ0n) is 9.64. The third-order valence-corrected chi connectivity index (χ3v) is 2.65. The fourth-order valence-corrected chi connectivity index (χ4v) is 1.80. The molecule has 0 bridgehead atoms. The van der Waals surface area contributed by atoms with Crippen LogP contribution < -0.4 is 5.32 Å². The standard InChI is InChI=1S/C11H11BrF3NO2/c1-6(18-7(2)17)16-10-4-3-8(5-9(10)12)11(13,14)15/h3-6,16H,1-2H3. The van der Waals surface area contributed by atoms with Crippen molar-refractivity contribution in [1.82, 2.24) is 0 Å². The molecule has 18 heavy (non-hydrogen) atoms. The molecule has 0 saturated heterocycles. The fourth-order valence-electron chi connectivity index (χ4n) is 1.31.